The van der Waals surface area contributed by atoms with Crippen molar-refractivity contribution in [2.24, 2.45) is 0 Å². The lowest BCUT2D eigenvalue weighted by molar-refractivity contribution is -0.138. The van der Waals surface area contributed by atoms with E-state index in [1.54, 1.807) is 0 Å². The number of aliphatic carboxylic acids is 1. The zero-order chi connectivity index (χ0) is 10.6. The molecule has 2 nitrogen and oxygen atoms in total. The molecule has 78 valence electrons. The first-order valence-electron chi connectivity index (χ1n) is 5.47. The highest BCUT2D eigenvalue weighted by atomic mass is 16.4. The molecule has 0 aromatic heterocycles. The average Bonchev–Trinajstić information content (AvgIpc) is 2.84. The van der Waals surface area contributed by atoms with Gasteiger partial charge in [0.1, 0.15) is 0 Å². The summed E-state index contributed by atoms with van der Waals surface area (Å²) < 4.78 is 0. The van der Waals surface area contributed by atoms with Crippen LogP contribution in [0.3, 0.4) is 0 Å². The summed E-state index contributed by atoms with van der Waals surface area (Å²) in [6.07, 6.45) is 3.17. The molecule has 2 aliphatic carbocycles. The van der Waals surface area contributed by atoms with Gasteiger partial charge in [-0.25, -0.2) is 0 Å². The molecule has 0 amide bonds. The van der Waals surface area contributed by atoms with Gasteiger partial charge in [0.05, 0.1) is 5.92 Å². The highest BCUT2D eigenvalue weighted by molar-refractivity contribution is 5.79. The smallest absolute Gasteiger partial charge is 0.311 e. The van der Waals surface area contributed by atoms with Crippen LogP contribution in [0, 0.1) is 6.92 Å². The van der Waals surface area contributed by atoms with Gasteiger partial charge in [0, 0.05) is 0 Å². The molecular formula is C13H14O2. The monoisotopic (exact) mass is 202 g/mol. The largest absolute Gasteiger partial charge is 0.481 e. The van der Waals surface area contributed by atoms with E-state index < -0.39 is 5.97 Å². The van der Waals surface area contributed by atoms with Gasteiger partial charge in [0.15, 0.2) is 0 Å². The minimum atomic E-state index is -0.661. The molecule has 0 radical (unpaired) electrons. The van der Waals surface area contributed by atoms with Gasteiger partial charge in [-0.2, -0.15) is 0 Å². The van der Waals surface area contributed by atoms with Crippen LogP contribution >= 0.6 is 0 Å². The number of carbonyl (C=O) groups is 1. The molecule has 15 heavy (non-hydrogen) atoms. The molecule has 1 fully saturated rings. The minimum Gasteiger partial charge on any atom is -0.481 e. The third-order valence-corrected chi connectivity index (χ3v) is 3.96. The fraction of sp³-hybridized carbons (Fsp3) is 0.462. The van der Waals surface area contributed by atoms with Crippen molar-refractivity contribution in [2.75, 3.05) is 0 Å². The van der Waals surface area contributed by atoms with Crippen molar-refractivity contribution in [3.63, 3.8) is 0 Å². The summed E-state index contributed by atoms with van der Waals surface area (Å²) in [6, 6.07) is 6.07. The van der Waals surface area contributed by atoms with Crippen LogP contribution in [0.5, 0.6) is 0 Å². The van der Waals surface area contributed by atoms with E-state index in [9.17, 15) is 9.90 Å². The van der Waals surface area contributed by atoms with E-state index in [1.807, 2.05) is 12.1 Å². The summed E-state index contributed by atoms with van der Waals surface area (Å²) in [7, 11) is 0. The summed E-state index contributed by atoms with van der Waals surface area (Å²) in [5.74, 6) is -0.923. The summed E-state index contributed by atoms with van der Waals surface area (Å²) in [6.45, 7) is 2.10. The lowest BCUT2D eigenvalue weighted by Crippen LogP contribution is -2.09. The van der Waals surface area contributed by atoms with Crippen molar-refractivity contribution in [1.29, 1.82) is 0 Å². The lowest BCUT2D eigenvalue weighted by Gasteiger charge is -2.10. The first-order chi connectivity index (χ1) is 7.14. The number of rotatable bonds is 1. The molecule has 0 saturated heterocycles. The number of fused-ring (bicyclic) bond motifs is 2. The lowest BCUT2D eigenvalue weighted by atomic mass is 9.94. The summed E-state index contributed by atoms with van der Waals surface area (Å²) in [5, 5.41) is 9.21. The van der Waals surface area contributed by atoms with Gasteiger partial charge in [-0.05, 0) is 48.3 Å². The zero-order valence-corrected chi connectivity index (χ0v) is 8.79. The SMILES string of the molecule is Cc1cccc2c1C1(CC1)CC2C(=O)O. The Labute approximate surface area is 88.9 Å². The number of hydrogen-bond donors (Lipinski definition) is 1. The first kappa shape index (κ1) is 8.96. The van der Waals surface area contributed by atoms with Gasteiger partial charge in [0.25, 0.3) is 0 Å². The molecule has 1 atom stereocenters. The summed E-state index contributed by atoms with van der Waals surface area (Å²) in [4.78, 5) is 11.2. The van der Waals surface area contributed by atoms with Crippen LogP contribution in [0.2, 0.25) is 0 Å². The fourth-order valence-electron chi connectivity index (χ4n) is 3.13. The number of carboxylic acids is 1. The topological polar surface area (TPSA) is 37.3 Å². The van der Waals surface area contributed by atoms with Gasteiger partial charge >= 0.3 is 5.97 Å². The van der Waals surface area contributed by atoms with E-state index >= 15 is 0 Å². The van der Waals surface area contributed by atoms with Gasteiger partial charge in [-0.3, -0.25) is 4.79 Å². The molecule has 0 bridgehead atoms. The van der Waals surface area contributed by atoms with Crippen molar-refractivity contribution < 1.29 is 9.90 Å². The zero-order valence-electron chi connectivity index (χ0n) is 8.79. The number of benzene rings is 1. The average molecular weight is 202 g/mol. The van der Waals surface area contributed by atoms with E-state index in [2.05, 4.69) is 13.0 Å². The Bertz CT molecular complexity index is 444. The van der Waals surface area contributed by atoms with E-state index in [4.69, 9.17) is 0 Å². The fourth-order valence-corrected chi connectivity index (χ4v) is 3.13. The number of hydrogen-bond acceptors (Lipinski definition) is 1. The maximum Gasteiger partial charge on any atom is 0.311 e. The molecule has 1 aromatic carbocycles. The van der Waals surface area contributed by atoms with Gasteiger partial charge in [-0.15, -0.1) is 0 Å². The Morgan fingerprint density at radius 1 is 1.47 bits per heavy atom. The predicted octanol–water partition coefficient (Wildman–Crippen LogP) is 2.60. The third kappa shape index (κ3) is 1.08. The van der Waals surface area contributed by atoms with E-state index in [1.165, 1.54) is 24.0 Å². The second-order valence-corrected chi connectivity index (χ2v) is 4.91. The van der Waals surface area contributed by atoms with E-state index in [0.717, 1.165) is 12.0 Å². The molecular weight excluding hydrogens is 188 g/mol. The standard InChI is InChI=1S/C13H14O2/c1-8-3-2-4-9-10(12(14)15)7-13(5-6-13)11(8)9/h2-4,10H,5-7H2,1H3,(H,14,15). The number of aryl methyl sites for hydroxylation is 1. The molecule has 1 aromatic rings. The molecule has 1 saturated carbocycles. The molecule has 0 aliphatic heterocycles. The van der Waals surface area contributed by atoms with Crippen LogP contribution in [-0.2, 0) is 10.2 Å². The van der Waals surface area contributed by atoms with Gasteiger partial charge in [0.2, 0.25) is 0 Å². The van der Waals surface area contributed by atoms with E-state index in [-0.39, 0.29) is 11.3 Å². The second kappa shape index (κ2) is 2.63. The van der Waals surface area contributed by atoms with Crippen LogP contribution in [0.1, 0.15) is 41.9 Å². The molecule has 1 N–H and O–H groups in total. The normalized spacial score (nSPS) is 25.3. The van der Waals surface area contributed by atoms with Crippen molar-refractivity contribution in [3.8, 4) is 0 Å². The Morgan fingerprint density at radius 2 is 2.20 bits per heavy atom. The Morgan fingerprint density at radius 3 is 2.80 bits per heavy atom. The van der Waals surface area contributed by atoms with Crippen LogP contribution in [0.4, 0.5) is 0 Å². The highest BCUT2D eigenvalue weighted by Gasteiger charge is 2.54. The third-order valence-electron chi connectivity index (χ3n) is 3.96. The molecule has 0 heterocycles. The van der Waals surface area contributed by atoms with Crippen molar-refractivity contribution in [3.05, 3.63) is 34.9 Å². The molecule has 2 heteroatoms. The van der Waals surface area contributed by atoms with Crippen molar-refractivity contribution in [2.45, 2.75) is 37.5 Å². The van der Waals surface area contributed by atoms with Crippen molar-refractivity contribution >= 4 is 5.97 Å². The van der Waals surface area contributed by atoms with Gasteiger partial charge in [-0.1, -0.05) is 18.2 Å². The Balaban J connectivity index is 2.20. The molecule has 1 spiro atoms. The van der Waals surface area contributed by atoms with E-state index in [0.29, 0.717) is 0 Å². The highest BCUT2D eigenvalue weighted by Crippen LogP contribution is 2.61. The number of carboxylic acid groups (broad SMARTS) is 1. The molecule has 2 aliphatic rings. The van der Waals surface area contributed by atoms with Crippen LogP contribution in [0.15, 0.2) is 18.2 Å². The first-order valence-corrected chi connectivity index (χ1v) is 5.47. The second-order valence-electron chi connectivity index (χ2n) is 4.91. The van der Waals surface area contributed by atoms with Crippen LogP contribution < -0.4 is 0 Å². The van der Waals surface area contributed by atoms with Crippen molar-refractivity contribution in [1.82, 2.24) is 0 Å². The Kier molecular flexibility index (Phi) is 1.57. The minimum absolute atomic E-state index is 0.240. The summed E-state index contributed by atoms with van der Waals surface area (Å²) in [5.41, 5.74) is 3.93. The molecule has 1 unspecified atom stereocenters. The molecule has 3 rings (SSSR count). The predicted molar refractivity (Wildman–Crippen MR) is 57.1 cm³/mol. The quantitative estimate of drug-likeness (QED) is 0.760. The Hall–Kier alpha value is -1.31. The maximum absolute atomic E-state index is 11.2. The summed E-state index contributed by atoms with van der Waals surface area (Å²) >= 11 is 0. The van der Waals surface area contributed by atoms with Gasteiger partial charge < -0.3 is 5.11 Å². The maximum atomic E-state index is 11.2. The van der Waals surface area contributed by atoms with Crippen LogP contribution in [-0.4, -0.2) is 11.1 Å². The van der Waals surface area contributed by atoms with Crippen LogP contribution in [0.25, 0.3) is 0 Å².